The Labute approximate surface area is 94.5 Å². The Balaban J connectivity index is 2.57. The third kappa shape index (κ3) is 2.05. The maximum absolute atomic E-state index is 12.9. The van der Waals surface area contributed by atoms with E-state index in [-0.39, 0.29) is 5.82 Å². The molecule has 1 aromatic heterocycles. The Morgan fingerprint density at radius 1 is 1.53 bits per heavy atom. The van der Waals surface area contributed by atoms with Crippen molar-refractivity contribution < 1.29 is 9.13 Å². The lowest BCUT2D eigenvalue weighted by Gasteiger charge is -2.04. The van der Waals surface area contributed by atoms with Crippen LogP contribution in [0.2, 0.25) is 0 Å². The van der Waals surface area contributed by atoms with Crippen molar-refractivity contribution in [3.8, 4) is 16.3 Å². The molecule has 6 heteroatoms. The van der Waals surface area contributed by atoms with Gasteiger partial charge in [-0.1, -0.05) is 11.3 Å². The molecule has 0 unspecified atom stereocenters. The van der Waals surface area contributed by atoms with Crippen LogP contribution in [0.5, 0.6) is 5.75 Å². The number of aromatic amines is 1. The lowest BCUT2D eigenvalue weighted by Crippen LogP contribution is -1.88. The van der Waals surface area contributed by atoms with E-state index in [0.717, 1.165) is 5.56 Å². The first kappa shape index (κ1) is 10.3. The molecule has 0 bridgehead atoms. The van der Waals surface area contributed by atoms with E-state index in [9.17, 15) is 4.39 Å². The van der Waals surface area contributed by atoms with E-state index in [2.05, 4.69) is 10.2 Å². The molecule has 3 nitrogen and oxygen atoms in total. The summed E-state index contributed by atoms with van der Waals surface area (Å²) in [6.45, 7) is 0. The van der Waals surface area contributed by atoms with Crippen molar-refractivity contribution in [3.05, 3.63) is 28.0 Å². The predicted octanol–water partition coefficient (Wildman–Crippen LogP) is 3.02. The van der Waals surface area contributed by atoms with Crippen LogP contribution in [0.15, 0.2) is 18.2 Å². The Kier molecular flexibility index (Phi) is 2.79. The van der Waals surface area contributed by atoms with E-state index in [1.165, 1.54) is 30.6 Å². The second-order valence-electron chi connectivity index (χ2n) is 2.76. The zero-order valence-corrected chi connectivity index (χ0v) is 9.41. The van der Waals surface area contributed by atoms with Gasteiger partial charge in [0.2, 0.25) is 0 Å². The van der Waals surface area contributed by atoms with Crippen molar-refractivity contribution in [1.29, 1.82) is 0 Å². The standard InChI is InChI=1S/C9H7FN2OS2/c1-13-7-4-5(10)2-3-6(7)8-11-12-9(14)15-8/h2-4H,1H3,(H,12,14). The highest BCUT2D eigenvalue weighted by Gasteiger charge is 2.09. The minimum atomic E-state index is -0.338. The minimum Gasteiger partial charge on any atom is -0.496 e. The van der Waals surface area contributed by atoms with Gasteiger partial charge in [-0.2, -0.15) is 5.10 Å². The number of nitrogens with zero attached hydrogens (tertiary/aromatic N) is 1. The number of methoxy groups -OCH3 is 1. The molecule has 15 heavy (non-hydrogen) atoms. The SMILES string of the molecule is COc1cc(F)ccc1-c1n[nH]c(=S)s1. The minimum absolute atomic E-state index is 0.338. The molecule has 0 spiro atoms. The number of hydrogen-bond acceptors (Lipinski definition) is 4. The number of halogens is 1. The second kappa shape index (κ2) is 4.08. The Hall–Kier alpha value is -1.27. The number of ether oxygens (including phenoxy) is 1. The van der Waals surface area contributed by atoms with Gasteiger partial charge in [-0.3, -0.25) is 5.10 Å². The molecule has 0 aliphatic heterocycles. The van der Waals surface area contributed by atoms with Gasteiger partial charge in [-0.25, -0.2) is 4.39 Å². The van der Waals surface area contributed by atoms with Gasteiger partial charge in [0.1, 0.15) is 16.6 Å². The predicted molar refractivity (Wildman–Crippen MR) is 59.2 cm³/mol. The number of rotatable bonds is 2. The molecule has 1 aromatic carbocycles. The molecular formula is C9H7FN2OS2. The quantitative estimate of drug-likeness (QED) is 0.823. The molecular weight excluding hydrogens is 235 g/mol. The van der Waals surface area contributed by atoms with E-state index < -0.39 is 0 Å². The van der Waals surface area contributed by atoms with Crippen LogP contribution in [-0.2, 0) is 0 Å². The summed E-state index contributed by atoms with van der Waals surface area (Å²) in [7, 11) is 1.49. The van der Waals surface area contributed by atoms with Crippen molar-refractivity contribution in [1.82, 2.24) is 10.2 Å². The highest BCUT2D eigenvalue weighted by molar-refractivity contribution is 7.73. The van der Waals surface area contributed by atoms with E-state index in [1.54, 1.807) is 6.07 Å². The van der Waals surface area contributed by atoms with Gasteiger partial charge < -0.3 is 4.74 Å². The van der Waals surface area contributed by atoms with Gasteiger partial charge in [0.25, 0.3) is 0 Å². The average Bonchev–Trinajstić information content (AvgIpc) is 2.64. The summed E-state index contributed by atoms with van der Waals surface area (Å²) in [6.07, 6.45) is 0. The third-order valence-electron chi connectivity index (χ3n) is 1.83. The smallest absolute Gasteiger partial charge is 0.176 e. The molecule has 78 valence electrons. The normalized spacial score (nSPS) is 10.3. The van der Waals surface area contributed by atoms with Crippen LogP contribution >= 0.6 is 23.6 Å². The summed E-state index contributed by atoms with van der Waals surface area (Å²) < 4.78 is 18.6. The van der Waals surface area contributed by atoms with Crippen LogP contribution in [-0.4, -0.2) is 17.3 Å². The van der Waals surface area contributed by atoms with Crippen LogP contribution in [0.4, 0.5) is 4.39 Å². The molecule has 0 aliphatic rings. The fourth-order valence-electron chi connectivity index (χ4n) is 1.19. The van der Waals surface area contributed by atoms with E-state index in [0.29, 0.717) is 14.7 Å². The average molecular weight is 242 g/mol. The van der Waals surface area contributed by atoms with E-state index in [4.69, 9.17) is 17.0 Å². The van der Waals surface area contributed by atoms with E-state index in [1.807, 2.05) is 0 Å². The van der Waals surface area contributed by atoms with Crippen molar-refractivity contribution >= 4 is 23.6 Å². The number of hydrogen-bond donors (Lipinski definition) is 1. The topological polar surface area (TPSA) is 37.9 Å². The zero-order chi connectivity index (χ0) is 10.8. The number of aromatic nitrogens is 2. The number of H-pyrrole nitrogens is 1. The molecule has 0 radical (unpaired) electrons. The molecule has 0 fully saturated rings. The first-order chi connectivity index (χ1) is 7.20. The zero-order valence-electron chi connectivity index (χ0n) is 7.78. The molecule has 1 heterocycles. The maximum Gasteiger partial charge on any atom is 0.176 e. The molecule has 2 aromatic rings. The van der Waals surface area contributed by atoms with E-state index >= 15 is 0 Å². The lowest BCUT2D eigenvalue weighted by molar-refractivity contribution is 0.413. The fourth-order valence-corrected chi connectivity index (χ4v) is 2.11. The summed E-state index contributed by atoms with van der Waals surface area (Å²) in [5.74, 6) is 0.113. The monoisotopic (exact) mass is 242 g/mol. The molecule has 0 saturated carbocycles. The van der Waals surface area contributed by atoms with Gasteiger partial charge in [0.05, 0.1) is 12.7 Å². The maximum atomic E-state index is 12.9. The van der Waals surface area contributed by atoms with Crippen molar-refractivity contribution in [3.63, 3.8) is 0 Å². The van der Waals surface area contributed by atoms with Gasteiger partial charge in [0, 0.05) is 6.07 Å². The third-order valence-corrected chi connectivity index (χ3v) is 2.95. The largest absolute Gasteiger partial charge is 0.496 e. The second-order valence-corrected chi connectivity index (χ2v) is 4.43. The summed E-state index contributed by atoms with van der Waals surface area (Å²) in [4.78, 5) is 0. The van der Waals surface area contributed by atoms with Crippen LogP contribution in [0.25, 0.3) is 10.6 Å². The van der Waals surface area contributed by atoms with Gasteiger partial charge in [0.15, 0.2) is 3.95 Å². The summed E-state index contributed by atoms with van der Waals surface area (Å²) in [5, 5.41) is 7.37. The van der Waals surface area contributed by atoms with Crippen LogP contribution in [0.3, 0.4) is 0 Å². The molecule has 0 amide bonds. The first-order valence-electron chi connectivity index (χ1n) is 4.10. The van der Waals surface area contributed by atoms with Gasteiger partial charge in [-0.15, -0.1) is 0 Å². The molecule has 0 atom stereocenters. The van der Waals surface area contributed by atoms with Gasteiger partial charge in [-0.05, 0) is 24.4 Å². The van der Waals surface area contributed by atoms with Crippen LogP contribution in [0.1, 0.15) is 0 Å². The molecule has 0 saturated heterocycles. The highest BCUT2D eigenvalue weighted by Crippen LogP contribution is 2.31. The fraction of sp³-hybridized carbons (Fsp3) is 0.111. The summed E-state index contributed by atoms with van der Waals surface area (Å²) in [5.41, 5.74) is 0.733. The molecule has 1 N–H and O–H groups in total. The highest BCUT2D eigenvalue weighted by atomic mass is 32.1. The first-order valence-corrected chi connectivity index (χ1v) is 5.32. The Morgan fingerprint density at radius 2 is 2.33 bits per heavy atom. The van der Waals surface area contributed by atoms with Crippen LogP contribution in [0, 0.1) is 9.77 Å². The number of benzene rings is 1. The Morgan fingerprint density at radius 3 is 2.93 bits per heavy atom. The molecule has 2 rings (SSSR count). The molecule has 0 aliphatic carbocycles. The van der Waals surface area contributed by atoms with Crippen LogP contribution < -0.4 is 4.74 Å². The Bertz CT molecular complexity index is 535. The number of nitrogens with one attached hydrogen (secondary N) is 1. The van der Waals surface area contributed by atoms with Crippen molar-refractivity contribution in [2.45, 2.75) is 0 Å². The summed E-state index contributed by atoms with van der Waals surface area (Å²) >= 11 is 6.25. The van der Waals surface area contributed by atoms with Gasteiger partial charge >= 0.3 is 0 Å². The lowest BCUT2D eigenvalue weighted by atomic mass is 10.2. The van der Waals surface area contributed by atoms with Crippen molar-refractivity contribution in [2.75, 3.05) is 7.11 Å². The summed E-state index contributed by atoms with van der Waals surface area (Å²) in [6, 6.07) is 4.30. The van der Waals surface area contributed by atoms with Crippen molar-refractivity contribution in [2.24, 2.45) is 0 Å².